The van der Waals surface area contributed by atoms with Gasteiger partial charge in [0.1, 0.15) is 0 Å². The van der Waals surface area contributed by atoms with E-state index < -0.39 is 5.97 Å². The molecule has 0 spiro atoms. The molecule has 0 rings (SSSR count). The molecule has 3 nitrogen and oxygen atoms in total. The maximum Gasteiger partial charge on any atom is 0.329 e. The maximum absolute atomic E-state index is 10.0. The quantitative estimate of drug-likeness (QED) is 0.595. The second-order valence-electron chi connectivity index (χ2n) is 1.88. The fraction of sp³-hybridized carbons (Fsp3) is 0.571. The van der Waals surface area contributed by atoms with Gasteiger partial charge in [-0.15, -0.1) is 0 Å². The van der Waals surface area contributed by atoms with Gasteiger partial charge in [-0.3, -0.25) is 0 Å². The van der Waals surface area contributed by atoms with Crippen LogP contribution >= 0.6 is 0 Å². The zero-order chi connectivity index (χ0) is 7.98. The van der Waals surface area contributed by atoms with Crippen molar-refractivity contribution < 1.29 is 9.90 Å². The summed E-state index contributed by atoms with van der Waals surface area (Å²) in [7, 11) is 0. The van der Waals surface area contributed by atoms with Gasteiger partial charge in [0.2, 0.25) is 0 Å². The average molecular weight is 143 g/mol. The van der Waals surface area contributed by atoms with Crippen LogP contribution in [-0.4, -0.2) is 29.1 Å². The van der Waals surface area contributed by atoms with Gasteiger partial charge in [0.25, 0.3) is 0 Å². The van der Waals surface area contributed by atoms with E-state index in [0.717, 1.165) is 19.2 Å². The van der Waals surface area contributed by atoms with E-state index in [1.54, 1.807) is 6.20 Å². The van der Waals surface area contributed by atoms with Gasteiger partial charge in [-0.1, -0.05) is 0 Å². The van der Waals surface area contributed by atoms with Gasteiger partial charge in [-0.2, -0.15) is 0 Å². The molecule has 0 heterocycles. The van der Waals surface area contributed by atoms with E-state index in [1.807, 2.05) is 18.7 Å². The summed E-state index contributed by atoms with van der Waals surface area (Å²) >= 11 is 0. The fourth-order valence-electron chi connectivity index (χ4n) is 0.604. The first-order valence-corrected chi connectivity index (χ1v) is 3.35. The second-order valence-corrected chi connectivity index (χ2v) is 1.88. The van der Waals surface area contributed by atoms with Crippen LogP contribution in [0, 0.1) is 0 Å². The standard InChI is InChI=1S/C7H13NO2/c1-3-8(4-2)6-5-7(9)10/h5-6H,3-4H2,1-2H3,(H,9,10). The number of carbonyl (C=O) groups is 1. The van der Waals surface area contributed by atoms with Gasteiger partial charge in [-0.05, 0) is 13.8 Å². The second kappa shape index (κ2) is 4.85. The third-order valence-electron chi connectivity index (χ3n) is 1.24. The van der Waals surface area contributed by atoms with Crippen LogP contribution in [0.5, 0.6) is 0 Å². The molecule has 0 aromatic rings. The molecule has 0 aliphatic carbocycles. The Morgan fingerprint density at radius 3 is 2.30 bits per heavy atom. The highest BCUT2D eigenvalue weighted by Gasteiger charge is 1.90. The van der Waals surface area contributed by atoms with E-state index in [1.165, 1.54) is 0 Å². The lowest BCUT2D eigenvalue weighted by Crippen LogP contribution is -2.15. The molecule has 1 N–H and O–H groups in total. The summed E-state index contributed by atoms with van der Waals surface area (Å²) in [5.41, 5.74) is 0. The predicted molar refractivity (Wildman–Crippen MR) is 39.7 cm³/mol. The van der Waals surface area contributed by atoms with E-state index in [0.29, 0.717) is 0 Å². The molecular weight excluding hydrogens is 130 g/mol. The van der Waals surface area contributed by atoms with Crippen LogP contribution in [0.2, 0.25) is 0 Å². The van der Waals surface area contributed by atoms with Gasteiger partial charge in [0, 0.05) is 25.4 Å². The molecule has 0 saturated carbocycles. The van der Waals surface area contributed by atoms with Crippen LogP contribution in [0.15, 0.2) is 12.3 Å². The zero-order valence-electron chi connectivity index (χ0n) is 6.37. The molecule has 0 radical (unpaired) electrons. The summed E-state index contributed by atoms with van der Waals surface area (Å²) in [6.07, 6.45) is 2.73. The van der Waals surface area contributed by atoms with E-state index >= 15 is 0 Å². The molecule has 0 aromatic carbocycles. The van der Waals surface area contributed by atoms with Crippen molar-refractivity contribution in [2.24, 2.45) is 0 Å². The van der Waals surface area contributed by atoms with Crippen molar-refractivity contribution in [1.82, 2.24) is 4.90 Å². The predicted octanol–water partition coefficient (Wildman–Crippen LogP) is 0.926. The van der Waals surface area contributed by atoms with Crippen molar-refractivity contribution in [2.75, 3.05) is 13.1 Å². The SMILES string of the molecule is CCN(C=CC(=O)O)CC. The smallest absolute Gasteiger partial charge is 0.329 e. The highest BCUT2D eigenvalue weighted by Crippen LogP contribution is 1.87. The third kappa shape index (κ3) is 3.95. The number of nitrogens with zero attached hydrogens (tertiary/aromatic N) is 1. The van der Waals surface area contributed by atoms with Gasteiger partial charge in [0.05, 0.1) is 0 Å². The molecule has 3 heteroatoms. The van der Waals surface area contributed by atoms with Gasteiger partial charge >= 0.3 is 5.97 Å². The number of aliphatic carboxylic acids is 1. The summed E-state index contributed by atoms with van der Waals surface area (Å²) in [6.45, 7) is 5.66. The molecule has 0 aliphatic rings. The van der Waals surface area contributed by atoms with Crippen molar-refractivity contribution in [3.63, 3.8) is 0 Å². The molecule has 0 unspecified atom stereocenters. The lowest BCUT2D eigenvalue weighted by molar-refractivity contribution is -0.131. The third-order valence-corrected chi connectivity index (χ3v) is 1.24. The molecule has 0 fully saturated rings. The maximum atomic E-state index is 10.0. The Hall–Kier alpha value is -0.990. The first kappa shape index (κ1) is 9.01. The monoisotopic (exact) mass is 143 g/mol. The van der Waals surface area contributed by atoms with Crippen LogP contribution < -0.4 is 0 Å². The molecule has 10 heavy (non-hydrogen) atoms. The zero-order valence-corrected chi connectivity index (χ0v) is 6.37. The van der Waals surface area contributed by atoms with Crippen molar-refractivity contribution in [3.8, 4) is 0 Å². The van der Waals surface area contributed by atoms with Crippen molar-refractivity contribution in [2.45, 2.75) is 13.8 Å². The van der Waals surface area contributed by atoms with E-state index in [-0.39, 0.29) is 0 Å². The lowest BCUT2D eigenvalue weighted by atomic mass is 10.5. The van der Waals surface area contributed by atoms with Gasteiger partial charge in [0.15, 0.2) is 0 Å². The number of hydrogen-bond acceptors (Lipinski definition) is 2. The minimum absolute atomic E-state index is 0.847. The topological polar surface area (TPSA) is 40.5 Å². The highest BCUT2D eigenvalue weighted by molar-refractivity contribution is 5.79. The molecule has 0 bridgehead atoms. The average Bonchev–Trinajstić information content (AvgIpc) is 1.90. The Labute approximate surface area is 61.0 Å². The number of hydrogen-bond donors (Lipinski definition) is 1. The van der Waals surface area contributed by atoms with Crippen molar-refractivity contribution in [1.29, 1.82) is 0 Å². The first-order chi connectivity index (χ1) is 4.70. The summed E-state index contributed by atoms with van der Waals surface area (Å²) in [5, 5.41) is 8.24. The number of carboxylic acid groups (broad SMARTS) is 1. The summed E-state index contributed by atoms with van der Waals surface area (Å²) in [6, 6.07) is 0. The largest absolute Gasteiger partial charge is 0.478 e. The fourth-order valence-corrected chi connectivity index (χ4v) is 0.604. The molecule has 0 atom stereocenters. The van der Waals surface area contributed by atoms with Crippen molar-refractivity contribution >= 4 is 5.97 Å². The van der Waals surface area contributed by atoms with Crippen LogP contribution in [0.3, 0.4) is 0 Å². The normalized spacial score (nSPS) is 10.2. The molecule has 0 aliphatic heterocycles. The molecular formula is C7H13NO2. The van der Waals surface area contributed by atoms with Crippen LogP contribution in [0.1, 0.15) is 13.8 Å². The first-order valence-electron chi connectivity index (χ1n) is 3.35. The Kier molecular flexibility index (Phi) is 4.37. The Bertz CT molecular complexity index is 128. The van der Waals surface area contributed by atoms with Crippen LogP contribution in [-0.2, 0) is 4.79 Å². The summed E-state index contributed by atoms with van der Waals surface area (Å²) in [4.78, 5) is 11.9. The van der Waals surface area contributed by atoms with E-state index in [9.17, 15) is 4.79 Å². The molecule has 58 valence electrons. The Morgan fingerprint density at radius 2 is 2.00 bits per heavy atom. The van der Waals surface area contributed by atoms with Gasteiger partial charge < -0.3 is 10.0 Å². The van der Waals surface area contributed by atoms with E-state index in [2.05, 4.69) is 0 Å². The molecule has 0 aromatic heterocycles. The molecule has 0 amide bonds. The summed E-state index contributed by atoms with van der Waals surface area (Å²) < 4.78 is 0. The number of rotatable bonds is 4. The highest BCUT2D eigenvalue weighted by atomic mass is 16.4. The molecule has 0 saturated heterocycles. The van der Waals surface area contributed by atoms with Gasteiger partial charge in [-0.25, -0.2) is 4.79 Å². The van der Waals surface area contributed by atoms with Crippen LogP contribution in [0.25, 0.3) is 0 Å². The van der Waals surface area contributed by atoms with E-state index in [4.69, 9.17) is 5.11 Å². The Balaban J connectivity index is 3.72. The van der Waals surface area contributed by atoms with Crippen LogP contribution in [0.4, 0.5) is 0 Å². The lowest BCUT2D eigenvalue weighted by Gasteiger charge is -2.13. The number of carboxylic acids is 1. The minimum atomic E-state index is -0.896. The van der Waals surface area contributed by atoms with Crippen molar-refractivity contribution in [3.05, 3.63) is 12.3 Å². The summed E-state index contributed by atoms with van der Waals surface area (Å²) in [5.74, 6) is -0.896. The Morgan fingerprint density at radius 1 is 1.50 bits per heavy atom. The minimum Gasteiger partial charge on any atom is -0.478 e.